The number of fused-ring (bicyclic) bond motifs is 1. The zero-order valence-electron chi connectivity index (χ0n) is 12.4. The first kappa shape index (κ1) is 13.1. The van der Waals surface area contributed by atoms with Crippen molar-refractivity contribution < 1.29 is 0 Å². The fourth-order valence-electron chi connectivity index (χ4n) is 3.90. The van der Waals surface area contributed by atoms with Gasteiger partial charge in [0.15, 0.2) is 5.82 Å². The molecule has 0 spiro atoms. The number of nitrogens with zero attached hydrogens (tertiary/aromatic N) is 3. The maximum absolute atomic E-state index is 4.63. The van der Waals surface area contributed by atoms with Crippen LogP contribution in [-0.4, -0.2) is 21.3 Å². The van der Waals surface area contributed by atoms with Gasteiger partial charge in [0.05, 0.1) is 6.04 Å². The summed E-state index contributed by atoms with van der Waals surface area (Å²) >= 11 is 0. The van der Waals surface area contributed by atoms with Crippen LogP contribution in [0.4, 0.5) is 0 Å². The Hall–Kier alpha value is -0.900. The Bertz CT molecular complexity index is 443. The molecule has 1 saturated carbocycles. The largest absolute Gasteiger partial charge is 0.312 e. The van der Waals surface area contributed by atoms with Crippen LogP contribution < -0.4 is 5.32 Å². The summed E-state index contributed by atoms with van der Waals surface area (Å²) in [6.45, 7) is 8.90. The lowest BCUT2D eigenvalue weighted by molar-refractivity contribution is 0.315. The van der Waals surface area contributed by atoms with Crippen LogP contribution in [-0.2, 0) is 12.0 Å². The summed E-state index contributed by atoms with van der Waals surface area (Å²) in [5.74, 6) is 3.00. The Kier molecular flexibility index (Phi) is 3.37. The lowest BCUT2D eigenvalue weighted by atomic mass is 9.82. The first-order chi connectivity index (χ1) is 9.18. The first-order valence-electron chi connectivity index (χ1n) is 7.85. The van der Waals surface area contributed by atoms with Gasteiger partial charge in [-0.25, -0.2) is 0 Å². The first-order valence-corrected chi connectivity index (χ1v) is 7.85. The van der Waals surface area contributed by atoms with Gasteiger partial charge in [0.1, 0.15) is 5.82 Å². The van der Waals surface area contributed by atoms with Gasteiger partial charge in [-0.2, -0.15) is 0 Å². The van der Waals surface area contributed by atoms with E-state index in [0.717, 1.165) is 18.9 Å². The molecule has 19 heavy (non-hydrogen) atoms. The van der Waals surface area contributed by atoms with E-state index >= 15 is 0 Å². The summed E-state index contributed by atoms with van der Waals surface area (Å²) in [7, 11) is 0. The Morgan fingerprint density at radius 3 is 2.68 bits per heavy atom. The van der Waals surface area contributed by atoms with Crippen LogP contribution in [0.25, 0.3) is 0 Å². The number of nitrogens with one attached hydrogen (secondary N) is 1. The van der Waals surface area contributed by atoms with Gasteiger partial charge >= 0.3 is 0 Å². The molecule has 0 radical (unpaired) electrons. The molecule has 1 aliphatic carbocycles. The van der Waals surface area contributed by atoms with Crippen LogP contribution in [0, 0.1) is 5.92 Å². The summed E-state index contributed by atoms with van der Waals surface area (Å²) in [5.41, 5.74) is 0.310. The van der Waals surface area contributed by atoms with Crippen molar-refractivity contribution in [1.82, 2.24) is 20.1 Å². The van der Waals surface area contributed by atoms with Crippen molar-refractivity contribution in [2.75, 3.05) is 6.54 Å². The van der Waals surface area contributed by atoms with E-state index in [1.165, 1.54) is 37.9 Å². The van der Waals surface area contributed by atoms with E-state index in [4.69, 9.17) is 0 Å². The number of hydrogen-bond acceptors (Lipinski definition) is 3. The van der Waals surface area contributed by atoms with E-state index in [-0.39, 0.29) is 0 Å². The van der Waals surface area contributed by atoms with Crippen molar-refractivity contribution in [2.24, 2.45) is 5.92 Å². The molecule has 3 rings (SSSR count). The van der Waals surface area contributed by atoms with Gasteiger partial charge in [0.2, 0.25) is 0 Å². The maximum atomic E-state index is 4.63. The normalized spacial score (nSPS) is 25.8. The summed E-state index contributed by atoms with van der Waals surface area (Å²) < 4.78 is 2.43. The lowest BCUT2D eigenvalue weighted by Gasteiger charge is -2.32. The van der Waals surface area contributed by atoms with Crippen molar-refractivity contribution in [2.45, 2.75) is 70.9 Å². The molecule has 0 saturated heterocycles. The van der Waals surface area contributed by atoms with E-state index in [2.05, 4.69) is 40.9 Å². The second-order valence-electron chi connectivity index (χ2n) is 6.55. The zero-order valence-corrected chi connectivity index (χ0v) is 12.4. The third-order valence-corrected chi connectivity index (χ3v) is 5.14. The Balaban J connectivity index is 2.01. The lowest BCUT2D eigenvalue weighted by Crippen LogP contribution is -2.38. The van der Waals surface area contributed by atoms with E-state index < -0.39 is 0 Å². The second-order valence-corrected chi connectivity index (χ2v) is 6.55. The SMILES string of the molecule is CCC1(c2nnc3n2CCNC3C(C)C)CCCC1. The van der Waals surface area contributed by atoms with Crippen molar-refractivity contribution in [3.63, 3.8) is 0 Å². The Labute approximate surface area is 116 Å². The number of aromatic nitrogens is 3. The molecule has 0 bridgehead atoms. The minimum Gasteiger partial charge on any atom is -0.312 e. The highest BCUT2D eigenvalue weighted by Gasteiger charge is 2.40. The molecular weight excluding hydrogens is 236 g/mol. The molecule has 1 aliphatic heterocycles. The average molecular weight is 262 g/mol. The van der Waals surface area contributed by atoms with Gasteiger partial charge in [-0.3, -0.25) is 0 Å². The highest BCUT2D eigenvalue weighted by molar-refractivity contribution is 5.16. The quantitative estimate of drug-likeness (QED) is 0.911. The van der Waals surface area contributed by atoms with Crippen LogP contribution in [0.5, 0.6) is 0 Å². The van der Waals surface area contributed by atoms with Crippen molar-refractivity contribution in [3.05, 3.63) is 11.6 Å². The highest BCUT2D eigenvalue weighted by atomic mass is 15.3. The van der Waals surface area contributed by atoms with Crippen molar-refractivity contribution in [1.29, 1.82) is 0 Å². The summed E-state index contributed by atoms with van der Waals surface area (Å²) in [6.07, 6.45) is 6.48. The van der Waals surface area contributed by atoms with Crippen LogP contribution >= 0.6 is 0 Å². The highest BCUT2D eigenvalue weighted by Crippen LogP contribution is 2.43. The minimum atomic E-state index is 0.310. The third kappa shape index (κ3) is 2.00. The summed E-state index contributed by atoms with van der Waals surface area (Å²) in [6, 6.07) is 0.366. The van der Waals surface area contributed by atoms with E-state index in [9.17, 15) is 0 Å². The molecule has 4 heteroatoms. The monoisotopic (exact) mass is 262 g/mol. The molecule has 1 aromatic rings. The topological polar surface area (TPSA) is 42.7 Å². The molecule has 1 atom stereocenters. The Morgan fingerprint density at radius 1 is 1.32 bits per heavy atom. The van der Waals surface area contributed by atoms with Gasteiger partial charge < -0.3 is 9.88 Å². The third-order valence-electron chi connectivity index (χ3n) is 5.14. The molecule has 0 aromatic carbocycles. The maximum Gasteiger partial charge on any atom is 0.150 e. The van der Waals surface area contributed by atoms with Gasteiger partial charge in [-0.15, -0.1) is 10.2 Å². The molecule has 2 heterocycles. The van der Waals surface area contributed by atoms with E-state index in [1.807, 2.05) is 0 Å². The van der Waals surface area contributed by atoms with Gasteiger partial charge in [0.25, 0.3) is 0 Å². The van der Waals surface area contributed by atoms with Gasteiger partial charge in [-0.1, -0.05) is 33.6 Å². The van der Waals surface area contributed by atoms with Crippen LogP contribution in [0.1, 0.15) is 70.6 Å². The van der Waals surface area contributed by atoms with Crippen molar-refractivity contribution >= 4 is 0 Å². The van der Waals surface area contributed by atoms with Crippen LogP contribution in [0.15, 0.2) is 0 Å². The molecule has 2 aliphatic rings. The molecular formula is C15H26N4. The molecule has 1 N–H and O–H groups in total. The second kappa shape index (κ2) is 4.89. The molecule has 1 aromatic heterocycles. The standard InChI is InChI=1S/C15H26N4/c1-4-15(7-5-6-8-15)14-18-17-13-12(11(2)3)16-9-10-19(13)14/h11-12,16H,4-10H2,1-3H3. The van der Waals surface area contributed by atoms with Gasteiger partial charge in [-0.05, 0) is 25.2 Å². The molecule has 0 amide bonds. The minimum absolute atomic E-state index is 0.310. The predicted octanol–water partition coefficient (Wildman–Crippen LogP) is 2.80. The zero-order chi connectivity index (χ0) is 13.5. The average Bonchev–Trinajstić information content (AvgIpc) is 3.04. The molecule has 1 fully saturated rings. The Morgan fingerprint density at radius 2 is 2.05 bits per heavy atom. The summed E-state index contributed by atoms with van der Waals surface area (Å²) in [4.78, 5) is 0. The number of hydrogen-bond donors (Lipinski definition) is 1. The summed E-state index contributed by atoms with van der Waals surface area (Å²) in [5, 5.41) is 12.8. The van der Waals surface area contributed by atoms with Gasteiger partial charge in [0, 0.05) is 18.5 Å². The molecule has 1 unspecified atom stereocenters. The molecule has 106 valence electrons. The smallest absolute Gasteiger partial charge is 0.150 e. The van der Waals surface area contributed by atoms with Crippen LogP contribution in [0.3, 0.4) is 0 Å². The fourth-order valence-corrected chi connectivity index (χ4v) is 3.90. The van der Waals surface area contributed by atoms with E-state index in [1.54, 1.807) is 0 Å². The number of rotatable bonds is 3. The van der Waals surface area contributed by atoms with Crippen molar-refractivity contribution in [3.8, 4) is 0 Å². The van der Waals surface area contributed by atoms with E-state index in [0.29, 0.717) is 17.4 Å². The fraction of sp³-hybridized carbons (Fsp3) is 0.867. The predicted molar refractivity (Wildman–Crippen MR) is 76.0 cm³/mol. The molecule has 4 nitrogen and oxygen atoms in total. The van der Waals surface area contributed by atoms with Crippen LogP contribution in [0.2, 0.25) is 0 Å².